The molecule has 10 heterocycles. The highest BCUT2D eigenvalue weighted by atomic mass is 79.9. The van der Waals surface area contributed by atoms with E-state index in [9.17, 15) is 74.3 Å². The van der Waals surface area contributed by atoms with Crippen molar-refractivity contribution in [3.8, 4) is 29.1 Å². The minimum atomic E-state index is -4.84. The van der Waals surface area contributed by atoms with E-state index in [1.165, 1.54) is 158 Å². The maximum Gasteiger partial charge on any atom is 0.435 e. The van der Waals surface area contributed by atoms with Crippen LogP contribution in [0, 0.1) is 60.9 Å². The maximum atomic E-state index is 13.3. The van der Waals surface area contributed by atoms with Gasteiger partial charge in [0.05, 0.1) is 108 Å². The smallest absolute Gasteiger partial charge is 0.366 e. The number of nitrogens with two attached hydrogens (primary N) is 2. The highest BCUT2D eigenvalue weighted by Crippen LogP contribution is 2.39. The number of anilines is 5. The van der Waals surface area contributed by atoms with Crippen molar-refractivity contribution in [1.29, 1.82) is 0 Å². The van der Waals surface area contributed by atoms with Crippen molar-refractivity contribution in [3.05, 3.63) is 369 Å². The van der Waals surface area contributed by atoms with Crippen LogP contribution in [0.2, 0.25) is 40.4 Å². The van der Waals surface area contributed by atoms with Gasteiger partial charge in [-0.05, 0) is 175 Å². The number of benzene rings is 5. The number of alkyl halides is 6. The number of halogens is 15. The zero-order chi connectivity index (χ0) is 109. The third-order valence-electron chi connectivity index (χ3n) is 20.1. The van der Waals surface area contributed by atoms with E-state index in [1.54, 1.807) is 82.4 Å². The molecule has 0 radical (unpaired) electrons. The molecule has 0 aliphatic carbocycles. The zero-order valence-electron chi connectivity index (χ0n) is 76.7. The number of hydrogen-bond donors (Lipinski definition) is 10. The molecule has 752 valence electrons. The van der Waals surface area contributed by atoms with Gasteiger partial charge < -0.3 is 54.0 Å². The highest BCUT2D eigenvalue weighted by Gasteiger charge is 2.40. The Morgan fingerprint density at radius 1 is 0.318 bits per heavy atom. The summed E-state index contributed by atoms with van der Waals surface area (Å²) in [6.07, 6.45) is -2.56. The molecule has 12 N–H and O–H groups in total. The molecule has 0 fully saturated rings. The van der Waals surface area contributed by atoms with Gasteiger partial charge in [-0.2, -0.15) is 51.8 Å². The molecule has 0 atom stereocenters. The number of hydrogen-bond acceptors (Lipinski definition) is 20. The maximum absolute atomic E-state index is 13.3. The molecule has 0 saturated heterocycles. The average molecular weight is 2240 g/mol. The van der Waals surface area contributed by atoms with Crippen LogP contribution in [0.1, 0.15) is 143 Å². The second-order valence-electron chi connectivity index (χ2n) is 30.1. The fourth-order valence-corrected chi connectivity index (χ4v) is 15.5. The summed E-state index contributed by atoms with van der Waals surface area (Å²) in [5.41, 5.74) is 11.6. The molecule has 0 unspecified atom stereocenters. The van der Waals surface area contributed by atoms with Gasteiger partial charge in [0.25, 0.3) is 47.3 Å². The van der Waals surface area contributed by atoms with Crippen LogP contribution >= 0.6 is 109 Å². The van der Waals surface area contributed by atoms with Crippen molar-refractivity contribution in [2.45, 2.75) is 47.0 Å². The SMILES string of the molecule is CNC(=O)c1cc(Cl)cc(C)c1NC(=O)c1cc(Br)nn1-c1ncccc1Cl.[C-]#[N+]c1cc(C)c(NC(=O)c2cc(C(F)(F)F)nn2-c2ncccc2Cl)c(C(=O)NC)c1.[C-]#[N+]c1cc(C)c(NC(=O)c2cc(C(F)(F)F)nn2-c2ncccc2Cl)c(C(N)=O)c1.[C-]#[N+]c1cc(C)c(NC(=O)c2cc(Cl)nn2-c2ncccc2Cl)c(C(=O)NC)c1.[C-]#[N+]c1cc(C)c(NC(=O)c2cc(Cl)nn2-c2ncccc2Cl)c(C(N)=O)c1. The van der Waals surface area contributed by atoms with E-state index in [2.05, 4.69) is 128 Å². The van der Waals surface area contributed by atoms with Crippen LogP contribution in [0.5, 0.6) is 0 Å². The Morgan fingerprint density at radius 2 is 0.547 bits per heavy atom. The lowest BCUT2D eigenvalue weighted by molar-refractivity contribution is -0.142. The Hall–Kier alpha value is -17.1. The van der Waals surface area contributed by atoms with Crippen molar-refractivity contribution in [2.75, 3.05) is 47.7 Å². The number of primary amides is 2. The van der Waals surface area contributed by atoms with Crippen LogP contribution in [-0.4, -0.2) is 154 Å². The van der Waals surface area contributed by atoms with Gasteiger partial charge in [0.15, 0.2) is 73.5 Å². The first-order valence-corrected chi connectivity index (χ1v) is 45.3. The zero-order valence-corrected chi connectivity index (χ0v) is 84.4. The van der Waals surface area contributed by atoms with Crippen molar-refractivity contribution >= 4 is 219 Å². The van der Waals surface area contributed by atoms with Crippen LogP contribution in [0.15, 0.2) is 187 Å². The molecule has 10 aromatic heterocycles. The highest BCUT2D eigenvalue weighted by molar-refractivity contribution is 9.10. The van der Waals surface area contributed by atoms with E-state index in [0.717, 1.165) is 0 Å². The lowest BCUT2D eigenvalue weighted by Gasteiger charge is -2.15. The van der Waals surface area contributed by atoms with E-state index in [0.29, 0.717) is 75.5 Å². The van der Waals surface area contributed by atoms with Crippen molar-refractivity contribution in [3.63, 3.8) is 0 Å². The van der Waals surface area contributed by atoms with Gasteiger partial charge in [0, 0.05) is 87.5 Å². The average Bonchev–Trinajstić information content (AvgIpc) is 1.61. The van der Waals surface area contributed by atoms with Gasteiger partial charge >= 0.3 is 12.4 Å². The summed E-state index contributed by atoms with van der Waals surface area (Å²) in [5, 5.41) is 41.0. The number of nitrogens with zero attached hydrogens (tertiary/aromatic N) is 19. The molecule has 0 bridgehead atoms. The minimum absolute atomic E-state index is 0.0207. The molecule has 0 aliphatic rings. The van der Waals surface area contributed by atoms with E-state index in [1.807, 2.05) is 0 Å². The second-order valence-corrected chi connectivity index (χ2v) is 34.1. The van der Waals surface area contributed by atoms with Gasteiger partial charge in [-0.1, -0.05) is 117 Å². The molecule has 0 spiro atoms. The molecule has 54 heteroatoms. The normalized spacial score (nSPS) is 10.7. The Kier molecular flexibility index (Phi) is 36.2. The van der Waals surface area contributed by atoms with Gasteiger partial charge in [-0.3, -0.25) is 47.9 Å². The minimum Gasteiger partial charge on any atom is -0.366 e. The predicted molar refractivity (Wildman–Crippen MR) is 542 cm³/mol. The summed E-state index contributed by atoms with van der Waals surface area (Å²) >= 11 is 51.9. The molecule has 15 aromatic rings. The number of rotatable bonds is 20. The van der Waals surface area contributed by atoms with Crippen LogP contribution in [0.4, 0.5) is 77.5 Å². The summed E-state index contributed by atoms with van der Waals surface area (Å²) in [6.45, 7) is 36.7. The number of carbonyl (C=O) groups excluding carboxylic acids is 10. The molecule has 5 aromatic carbocycles. The van der Waals surface area contributed by atoms with Crippen molar-refractivity contribution < 1.29 is 74.3 Å². The number of carbonyl (C=O) groups is 10. The first-order valence-electron chi connectivity index (χ1n) is 41.4. The van der Waals surface area contributed by atoms with Gasteiger partial charge in [-0.25, -0.2) is 67.7 Å². The quantitative estimate of drug-likeness (QED) is 0.0250. The van der Waals surface area contributed by atoms with Gasteiger partial charge in [0.1, 0.15) is 33.1 Å². The largest absolute Gasteiger partial charge is 0.435 e. The third kappa shape index (κ3) is 26.2. The molecule has 0 aliphatic heterocycles. The van der Waals surface area contributed by atoms with Crippen LogP contribution in [-0.2, 0) is 12.4 Å². The number of amides is 10. The van der Waals surface area contributed by atoms with Crippen LogP contribution in [0.25, 0.3) is 48.5 Å². The first kappa shape index (κ1) is 111. The van der Waals surface area contributed by atoms with Crippen LogP contribution < -0.4 is 54.0 Å². The molecule has 10 amide bonds. The fraction of sp³-hybridized carbons (Fsp3) is 0.106. The van der Waals surface area contributed by atoms with Gasteiger partial charge in [-0.15, -0.1) is 0 Å². The monoisotopic (exact) mass is 2230 g/mol. The van der Waals surface area contributed by atoms with E-state index in [-0.39, 0.29) is 150 Å². The molecule has 15 rings (SSSR count). The molecule has 148 heavy (non-hydrogen) atoms. The third-order valence-corrected chi connectivity index (χ3v) is 22.6. The lowest BCUT2D eigenvalue weighted by Crippen LogP contribution is -2.23. The molecule has 39 nitrogen and oxygen atoms in total. The van der Waals surface area contributed by atoms with E-state index < -0.39 is 88.3 Å². The Bertz CT molecular complexity index is 8060. The van der Waals surface area contributed by atoms with Gasteiger partial charge in [0.2, 0.25) is 11.8 Å². The Balaban J connectivity index is 0.000000176. The van der Waals surface area contributed by atoms with Crippen LogP contribution in [0.3, 0.4) is 0 Å². The molecular formula is C94H66BrCl8F6N29O10. The number of pyridine rings is 5. The summed E-state index contributed by atoms with van der Waals surface area (Å²) < 4.78 is 85.2. The number of nitrogens with one attached hydrogen (secondary N) is 8. The molecular weight excluding hydrogens is 2170 g/mol. The Labute approximate surface area is 881 Å². The second kappa shape index (κ2) is 48.1. The summed E-state index contributed by atoms with van der Waals surface area (Å²) in [5.74, 6) is -6.40. The summed E-state index contributed by atoms with van der Waals surface area (Å²) in [4.78, 5) is 159. The molecule has 0 saturated carbocycles. The fourth-order valence-electron chi connectivity index (χ4n) is 13.5. The Morgan fingerprint density at radius 3 is 0.797 bits per heavy atom. The van der Waals surface area contributed by atoms with Crippen molar-refractivity contribution in [1.82, 2.24) is 89.8 Å². The summed E-state index contributed by atoms with van der Waals surface area (Å²) in [7, 11) is 4.33. The van der Waals surface area contributed by atoms with E-state index in [4.69, 9.17) is 131 Å². The first-order chi connectivity index (χ1) is 70.1. The number of aromatic nitrogens is 15. The van der Waals surface area contributed by atoms with E-state index >= 15 is 0 Å². The lowest BCUT2D eigenvalue weighted by atomic mass is 10.1. The van der Waals surface area contributed by atoms with Crippen molar-refractivity contribution in [2.24, 2.45) is 11.5 Å². The number of aryl methyl sites for hydroxylation is 5. The predicted octanol–water partition coefficient (Wildman–Crippen LogP) is 20.6. The summed E-state index contributed by atoms with van der Waals surface area (Å²) in [6, 6.07) is 35.1. The topological polar surface area (TPSA) is 490 Å². The standard InChI is InChI=1S/C20H14ClF3N6O2.C19H14Cl2N6O2.C19H12ClF3N6O2.C18H14BrCl2N5O2.C18H12Cl2N6O2/c1-10-7-11(25-2)8-12(18(31)26-3)16(10)28-19(32)14-9-15(20(22,23)24)29-30(14)17-13(21)5-4-6-27-17;1-10-7-11(22-2)8-12(18(28)23-3)16(10)25-19(29)14-9-15(21)26-27(14)17-13(20)5-4-6-24-17;1-9-6-10(25-2)7-11(16(24)30)15(9)27-18(31)13-8-14(19(21,22)23)28-29(13)17-12(20)4-3-5-26-17;1-9-6-10(20)7-11(17(27)22-2)15(9)24-18(28)13-8-14(19)25-26(13)16-12(21)4-3-5-23-16;1-9-6-10(22-2)7-11(16(21)27)15(9)24-18(28)13-8-14(20)25-26(13)17-12(19)4-3-5-23-17/h4-9H,1,3H3,(H,26,31)(H,28,32);4-9H,1,3H3,(H,23,28)(H,25,29);3-8H,1H3,(H2,24,30)(H,27,31);3-8H,1-2H3,(H,22,27)(H,24,28);3-8H,1H3,(H2,21,27)(H,24,28).